The first-order valence-electron chi connectivity index (χ1n) is 5.89. The summed E-state index contributed by atoms with van der Waals surface area (Å²) in [6.07, 6.45) is 4.09. The van der Waals surface area contributed by atoms with Crippen LogP contribution in [0.3, 0.4) is 0 Å². The molecule has 0 aliphatic rings. The summed E-state index contributed by atoms with van der Waals surface area (Å²) in [5, 5.41) is 3.24. The van der Waals surface area contributed by atoms with Gasteiger partial charge in [-0.2, -0.15) is 0 Å². The van der Waals surface area contributed by atoms with Crippen LogP contribution < -0.4 is 14.8 Å². The molecule has 0 unspecified atom stereocenters. The minimum atomic E-state index is 0.723. The molecule has 0 amide bonds. The predicted molar refractivity (Wildman–Crippen MR) is 73.3 cm³/mol. The van der Waals surface area contributed by atoms with Crippen molar-refractivity contribution < 1.29 is 14.2 Å². The standard InChI is InChI=1S/C14H21NO3/c1-16-8-7-15-6-4-5-12-9-13(17-2)11-14(10-12)18-3/h4-5,9-11,15H,6-8H2,1-3H3. The molecule has 0 heterocycles. The normalized spacial score (nSPS) is 10.8. The van der Waals surface area contributed by atoms with Gasteiger partial charge in [-0.05, 0) is 17.7 Å². The van der Waals surface area contributed by atoms with Gasteiger partial charge in [0.15, 0.2) is 0 Å². The average Bonchev–Trinajstić information content (AvgIpc) is 2.42. The summed E-state index contributed by atoms with van der Waals surface area (Å²) in [7, 11) is 4.99. The van der Waals surface area contributed by atoms with E-state index in [-0.39, 0.29) is 0 Å². The highest BCUT2D eigenvalue weighted by molar-refractivity contribution is 5.55. The Bertz CT molecular complexity index is 355. The fourth-order valence-corrected chi connectivity index (χ4v) is 1.48. The number of ether oxygens (including phenoxy) is 3. The van der Waals surface area contributed by atoms with E-state index in [1.165, 1.54) is 0 Å². The van der Waals surface area contributed by atoms with Gasteiger partial charge in [-0.25, -0.2) is 0 Å². The number of nitrogens with one attached hydrogen (secondary N) is 1. The van der Waals surface area contributed by atoms with Crippen LogP contribution >= 0.6 is 0 Å². The summed E-state index contributed by atoms with van der Waals surface area (Å²) in [4.78, 5) is 0. The van der Waals surface area contributed by atoms with Crippen LogP contribution in [-0.2, 0) is 4.74 Å². The van der Waals surface area contributed by atoms with Crippen LogP contribution in [0.5, 0.6) is 11.5 Å². The van der Waals surface area contributed by atoms with Crippen molar-refractivity contribution in [2.24, 2.45) is 0 Å². The molecule has 4 heteroatoms. The highest BCUT2D eigenvalue weighted by atomic mass is 16.5. The number of methoxy groups -OCH3 is 3. The third kappa shape index (κ3) is 5.21. The Morgan fingerprint density at radius 2 is 1.72 bits per heavy atom. The van der Waals surface area contributed by atoms with Crippen LogP contribution in [-0.4, -0.2) is 41.0 Å². The topological polar surface area (TPSA) is 39.7 Å². The second kappa shape index (κ2) is 8.55. The van der Waals surface area contributed by atoms with Gasteiger partial charge in [0.05, 0.1) is 20.8 Å². The molecular formula is C14H21NO3. The minimum absolute atomic E-state index is 0.723. The lowest BCUT2D eigenvalue weighted by Crippen LogP contribution is -2.18. The molecule has 4 nitrogen and oxygen atoms in total. The van der Waals surface area contributed by atoms with Crippen molar-refractivity contribution in [2.75, 3.05) is 41.0 Å². The van der Waals surface area contributed by atoms with Crippen LogP contribution in [0, 0.1) is 0 Å². The van der Waals surface area contributed by atoms with Gasteiger partial charge in [0.1, 0.15) is 11.5 Å². The van der Waals surface area contributed by atoms with Gasteiger partial charge in [0.2, 0.25) is 0 Å². The van der Waals surface area contributed by atoms with Crippen LogP contribution in [0.15, 0.2) is 24.3 Å². The Labute approximate surface area is 109 Å². The van der Waals surface area contributed by atoms with Crippen LogP contribution in [0.1, 0.15) is 5.56 Å². The summed E-state index contributed by atoms with van der Waals surface area (Å²) >= 11 is 0. The molecule has 0 radical (unpaired) electrons. The Hall–Kier alpha value is -1.52. The maximum Gasteiger partial charge on any atom is 0.123 e. The van der Waals surface area contributed by atoms with Crippen molar-refractivity contribution in [3.05, 3.63) is 29.8 Å². The van der Waals surface area contributed by atoms with Crippen LogP contribution in [0.4, 0.5) is 0 Å². The molecule has 0 aliphatic carbocycles. The van der Waals surface area contributed by atoms with E-state index in [0.29, 0.717) is 0 Å². The molecule has 0 bridgehead atoms. The molecule has 0 saturated heterocycles. The molecule has 1 rings (SSSR count). The minimum Gasteiger partial charge on any atom is -0.497 e. The van der Waals surface area contributed by atoms with E-state index in [1.807, 2.05) is 24.3 Å². The zero-order valence-corrected chi connectivity index (χ0v) is 11.2. The van der Waals surface area contributed by atoms with E-state index in [9.17, 15) is 0 Å². The summed E-state index contributed by atoms with van der Waals surface area (Å²) in [6, 6.07) is 5.79. The SMILES string of the molecule is COCCNCC=Cc1cc(OC)cc(OC)c1. The van der Waals surface area contributed by atoms with Crippen molar-refractivity contribution in [2.45, 2.75) is 0 Å². The lowest BCUT2D eigenvalue weighted by molar-refractivity contribution is 0.200. The van der Waals surface area contributed by atoms with Gasteiger partial charge in [0, 0.05) is 26.3 Å². The smallest absolute Gasteiger partial charge is 0.123 e. The second-order valence-corrected chi connectivity index (χ2v) is 3.75. The summed E-state index contributed by atoms with van der Waals surface area (Å²) in [5.41, 5.74) is 1.06. The van der Waals surface area contributed by atoms with Gasteiger partial charge in [-0.3, -0.25) is 0 Å². The molecule has 1 aromatic rings. The highest BCUT2D eigenvalue weighted by Gasteiger charge is 1.98. The van der Waals surface area contributed by atoms with Gasteiger partial charge in [0.25, 0.3) is 0 Å². The molecule has 0 spiro atoms. The van der Waals surface area contributed by atoms with Crippen molar-refractivity contribution in [3.8, 4) is 11.5 Å². The van der Waals surface area contributed by atoms with Gasteiger partial charge < -0.3 is 19.5 Å². The Morgan fingerprint density at radius 3 is 2.28 bits per heavy atom. The van der Waals surface area contributed by atoms with Crippen LogP contribution in [0.2, 0.25) is 0 Å². The van der Waals surface area contributed by atoms with E-state index < -0.39 is 0 Å². The molecular weight excluding hydrogens is 230 g/mol. The maximum absolute atomic E-state index is 5.21. The molecule has 1 aromatic carbocycles. The molecule has 0 saturated carbocycles. The van der Waals surface area contributed by atoms with E-state index >= 15 is 0 Å². The second-order valence-electron chi connectivity index (χ2n) is 3.75. The van der Waals surface area contributed by atoms with Crippen LogP contribution in [0.25, 0.3) is 6.08 Å². The summed E-state index contributed by atoms with van der Waals surface area (Å²) < 4.78 is 15.4. The molecule has 0 aliphatic heterocycles. The van der Waals surface area contributed by atoms with Crippen molar-refractivity contribution in [1.29, 1.82) is 0 Å². The van der Waals surface area contributed by atoms with E-state index in [4.69, 9.17) is 14.2 Å². The Morgan fingerprint density at radius 1 is 1.06 bits per heavy atom. The molecule has 18 heavy (non-hydrogen) atoms. The number of benzene rings is 1. The molecule has 100 valence electrons. The molecule has 0 aromatic heterocycles. The van der Waals surface area contributed by atoms with Gasteiger partial charge in [-0.15, -0.1) is 0 Å². The fraction of sp³-hybridized carbons (Fsp3) is 0.429. The maximum atomic E-state index is 5.21. The lowest BCUT2D eigenvalue weighted by atomic mass is 10.2. The Balaban J connectivity index is 2.52. The number of rotatable bonds is 8. The third-order valence-corrected chi connectivity index (χ3v) is 2.43. The molecule has 0 atom stereocenters. The van der Waals surface area contributed by atoms with Gasteiger partial charge >= 0.3 is 0 Å². The lowest BCUT2D eigenvalue weighted by Gasteiger charge is -2.05. The predicted octanol–water partition coefficient (Wildman–Crippen LogP) is 1.95. The molecule has 1 N–H and O–H groups in total. The summed E-state index contributed by atoms with van der Waals surface area (Å²) in [6.45, 7) is 2.38. The quantitative estimate of drug-likeness (QED) is 0.717. The average molecular weight is 251 g/mol. The first kappa shape index (κ1) is 14.5. The van der Waals surface area contributed by atoms with E-state index in [2.05, 4.69) is 11.4 Å². The zero-order chi connectivity index (χ0) is 13.2. The van der Waals surface area contributed by atoms with Gasteiger partial charge in [-0.1, -0.05) is 12.2 Å². The van der Waals surface area contributed by atoms with E-state index in [0.717, 1.165) is 36.8 Å². The number of hydrogen-bond acceptors (Lipinski definition) is 4. The van der Waals surface area contributed by atoms with E-state index in [1.54, 1.807) is 21.3 Å². The first-order chi connectivity index (χ1) is 8.80. The molecule has 0 fully saturated rings. The van der Waals surface area contributed by atoms with Crippen molar-refractivity contribution in [3.63, 3.8) is 0 Å². The monoisotopic (exact) mass is 251 g/mol. The third-order valence-electron chi connectivity index (χ3n) is 2.43. The zero-order valence-electron chi connectivity index (χ0n) is 11.2. The summed E-state index contributed by atoms with van der Waals surface area (Å²) in [5.74, 6) is 1.59. The first-order valence-corrected chi connectivity index (χ1v) is 5.89. The highest BCUT2D eigenvalue weighted by Crippen LogP contribution is 2.23. The van der Waals surface area contributed by atoms with Crippen molar-refractivity contribution in [1.82, 2.24) is 5.32 Å². The largest absolute Gasteiger partial charge is 0.497 e. The number of hydrogen-bond donors (Lipinski definition) is 1. The Kier molecular flexibility index (Phi) is 6.91. The van der Waals surface area contributed by atoms with Crippen molar-refractivity contribution >= 4 is 6.08 Å². The fourth-order valence-electron chi connectivity index (χ4n) is 1.48.